The number of carbonyl (C=O) groups is 1. The molecule has 1 aliphatic carbocycles. The molecule has 1 atom stereocenters. The van der Waals surface area contributed by atoms with Gasteiger partial charge in [-0.2, -0.15) is 13.2 Å². The summed E-state index contributed by atoms with van der Waals surface area (Å²) in [6.07, 6.45) is 1.74. The first-order chi connectivity index (χ1) is 14.4. The van der Waals surface area contributed by atoms with E-state index in [-0.39, 0.29) is 17.5 Å². The van der Waals surface area contributed by atoms with Crippen LogP contribution < -0.4 is 10.6 Å². The second-order valence-electron chi connectivity index (χ2n) is 7.14. The number of nitrogens with zero attached hydrogens (tertiary/aromatic N) is 1. The highest BCUT2D eigenvalue weighted by Gasteiger charge is 2.47. The summed E-state index contributed by atoms with van der Waals surface area (Å²) >= 11 is 0. The Labute approximate surface area is 175 Å². The molecule has 8 nitrogen and oxygen atoms in total. The van der Waals surface area contributed by atoms with Gasteiger partial charge in [-0.1, -0.05) is 12.1 Å². The van der Waals surface area contributed by atoms with E-state index >= 15 is 0 Å². The normalized spacial score (nSPS) is 15.2. The van der Waals surface area contributed by atoms with E-state index < -0.39 is 36.9 Å². The maximum atomic E-state index is 12.7. The number of alkyl halides is 3. The highest BCUT2D eigenvalue weighted by atomic mass is 32.2. The highest BCUT2D eigenvalue weighted by Crippen LogP contribution is 2.36. The quantitative estimate of drug-likeness (QED) is 0.470. The fraction of sp³-hybridized carbons (Fsp3) is 0.316. The van der Waals surface area contributed by atoms with Crippen molar-refractivity contribution in [2.24, 2.45) is 5.92 Å². The molecule has 0 saturated heterocycles. The SMILES string of the molecule is CC(Nc1ccc(S(=O)(=O)C(F)(F)F)cc1[N+](=O)[O-])c1ccc(NC(=O)C2CC2)cc1. The fourth-order valence-corrected chi connectivity index (χ4v) is 3.63. The van der Waals surface area contributed by atoms with Gasteiger partial charge < -0.3 is 10.6 Å². The third-order valence-corrected chi connectivity index (χ3v) is 6.26. The molecule has 1 fully saturated rings. The monoisotopic (exact) mass is 457 g/mol. The molecule has 0 radical (unpaired) electrons. The molecule has 166 valence electrons. The van der Waals surface area contributed by atoms with Gasteiger partial charge in [-0.3, -0.25) is 14.9 Å². The summed E-state index contributed by atoms with van der Waals surface area (Å²) in [5, 5.41) is 16.9. The van der Waals surface area contributed by atoms with Crippen LogP contribution in [0.1, 0.15) is 31.4 Å². The minimum Gasteiger partial charge on any atom is -0.373 e. The Hall–Kier alpha value is -3.15. The maximum absolute atomic E-state index is 12.7. The number of halogens is 3. The van der Waals surface area contributed by atoms with E-state index in [1.165, 1.54) is 0 Å². The number of nitro benzene ring substituents is 1. The van der Waals surface area contributed by atoms with Crippen molar-refractivity contribution in [1.82, 2.24) is 0 Å². The minimum atomic E-state index is -5.71. The highest BCUT2D eigenvalue weighted by molar-refractivity contribution is 7.92. The first-order valence-corrected chi connectivity index (χ1v) is 10.7. The average molecular weight is 457 g/mol. The first kappa shape index (κ1) is 22.5. The van der Waals surface area contributed by atoms with Crippen LogP contribution in [0.5, 0.6) is 0 Å². The van der Waals surface area contributed by atoms with Crippen LogP contribution in [0.25, 0.3) is 0 Å². The zero-order chi connectivity index (χ0) is 23.0. The molecular weight excluding hydrogens is 439 g/mol. The number of rotatable bonds is 7. The van der Waals surface area contributed by atoms with Crippen molar-refractivity contribution in [2.45, 2.75) is 36.2 Å². The molecule has 2 N–H and O–H groups in total. The van der Waals surface area contributed by atoms with Crippen molar-refractivity contribution in [1.29, 1.82) is 0 Å². The van der Waals surface area contributed by atoms with Gasteiger partial charge >= 0.3 is 5.51 Å². The van der Waals surface area contributed by atoms with Gasteiger partial charge in [-0.15, -0.1) is 0 Å². The van der Waals surface area contributed by atoms with Crippen LogP contribution in [0, 0.1) is 16.0 Å². The van der Waals surface area contributed by atoms with E-state index in [0.717, 1.165) is 18.9 Å². The number of amides is 1. The lowest BCUT2D eigenvalue weighted by Crippen LogP contribution is -2.23. The van der Waals surface area contributed by atoms with Gasteiger partial charge in [-0.05, 0) is 49.6 Å². The molecule has 0 aliphatic heterocycles. The topological polar surface area (TPSA) is 118 Å². The predicted octanol–water partition coefficient (Wildman–Crippen LogP) is 4.41. The molecule has 0 bridgehead atoms. The van der Waals surface area contributed by atoms with E-state index in [9.17, 15) is 36.5 Å². The minimum absolute atomic E-state index is 0.0462. The van der Waals surface area contributed by atoms with Crippen molar-refractivity contribution in [2.75, 3.05) is 10.6 Å². The van der Waals surface area contributed by atoms with Crippen molar-refractivity contribution >= 4 is 32.8 Å². The smallest absolute Gasteiger partial charge is 0.373 e. The van der Waals surface area contributed by atoms with Gasteiger partial charge in [0.05, 0.1) is 9.82 Å². The zero-order valence-corrected chi connectivity index (χ0v) is 17.0. The number of hydrogen-bond donors (Lipinski definition) is 2. The predicted molar refractivity (Wildman–Crippen MR) is 106 cm³/mol. The standard InChI is InChI=1S/C19H18F3N3O5S/c1-11(12-4-6-14(7-5-12)24-18(26)13-2-3-13)23-16-9-8-15(10-17(16)25(27)28)31(29,30)19(20,21)22/h4-11,13,23H,2-3H2,1H3,(H,24,26). The molecule has 0 aromatic heterocycles. The van der Waals surface area contributed by atoms with Crippen LogP contribution >= 0.6 is 0 Å². The maximum Gasteiger partial charge on any atom is 0.501 e. The van der Waals surface area contributed by atoms with Crippen LogP contribution in [0.2, 0.25) is 0 Å². The molecule has 0 spiro atoms. The molecule has 31 heavy (non-hydrogen) atoms. The van der Waals surface area contributed by atoms with Crippen molar-refractivity contribution < 1.29 is 31.3 Å². The summed E-state index contributed by atoms with van der Waals surface area (Å²) in [7, 11) is -5.71. The van der Waals surface area contributed by atoms with E-state index in [2.05, 4.69) is 10.6 Å². The van der Waals surface area contributed by atoms with Crippen LogP contribution in [0.15, 0.2) is 47.4 Å². The van der Waals surface area contributed by atoms with E-state index in [0.29, 0.717) is 23.4 Å². The van der Waals surface area contributed by atoms with Crippen molar-refractivity contribution in [3.63, 3.8) is 0 Å². The summed E-state index contributed by atoms with van der Waals surface area (Å²) in [6.45, 7) is 1.67. The van der Waals surface area contributed by atoms with Crippen LogP contribution in [-0.2, 0) is 14.6 Å². The molecule has 12 heteroatoms. The number of nitrogens with one attached hydrogen (secondary N) is 2. The van der Waals surface area contributed by atoms with E-state index in [1.54, 1.807) is 31.2 Å². The Balaban J connectivity index is 1.79. The third kappa shape index (κ3) is 4.95. The van der Waals surface area contributed by atoms with Gasteiger partial charge in [0.25, 0.3) is 15.5 Å². The summed E-state index contributed by atoms with van der Waals surface area (Å²) in [5.41, 5.74) is -5.22. The Morgan fingerprint density at radius 1 is 1.16 bits per heavy atom. The number of benzene rings is 2. The van der Waals surface area contributed by atoms with Gasteiger partial charge in [-0.25, -0.2) is 8.42 Å². The Kier molecular flexibility index (Phi) is 5.94. The number of sulfone groups is 1. The number of hydrogen-bond acceptors (Lipinski definition) is 6. The van der Waals surface area contributed by atoms with Crippen LogP contribution in [0.4, 0.5) is 30.2 Å². The Morgan fingerprint density at radius 2 is 1.77 bits per heavy atom. The van der Waals surface area contributed by atoms with Crippen LogP contribution in [-0.4, -0.2) is 24.8 Å². The molecule has 1 unspecified atom stereocenters. The third-order valence-electron chi connectivity index (χ3n) is 4.78. The Morgan fingerprint density at radius 3 is 2.29 bits per heavy atom. The summed E-state index contributed by atoms with van der Waals surface area (Å²) in [6, 6.07) is 8.19. The largest absolute Gasteiger partial charge is 0.501 e. The molecule has 1 aliphatic rings. The molecule has 1 saturated carbocycles. The summed E-state index contributed by atoms with van der Waals surface area (Å²) in [5.74, 6) is -0.00612. The van der Waals surface area contributed by atoms with Gasteiger partial charge in [0.1, 0.15) is 5.69 Å². The molecule has 0 heterocycles. The van der Waals surface area contributed by atoms with Gasteiger partial charge in [0.15, 0.2) is 0 Å². The summed E-state index contributed by atoms with van der Waals surface area (Å²) in [4.78, 5) is 21.0. The molecular formula is C19H18F3N3O5S. The van der Waals surface area contributed by atoms with Crippen molar-refractivity contribution in [3.05, 3.63) is 58.1 Å². The van der Waals surface area contributed by atoms with Gasteiger partial charge in [0.2, 0.25) is 5.91 Å². The summed E-state index contributed by atoms with van der Waals surface area (Å²) < 4.78 is 61.3. The lowest BCUT2D eigenvalue weighted by atomic mass is 10.1. The lowest BCUT2D eigenvalue weighted by molar-refractivity contribution is -0.384. The first-order valence-electron chi connectivity index (χ1n) is 9.17. The fourth-order valence-electron chi connectivity index (χ4n) is 2.85. The number of anilines is 2. The lowest BCUT2D eigenvalue weighted by Gasteiger charge is -2.17. The number of nitro groups is 1. The molecule has 1 amide bonds. The molecule has 3 rings (SSSR count). The van der Waals surface area contributed by atoms with Gasteiger partial charge in [0, 0.05) is 23.7 Å². The molecule has 2 aromatic rings. The number of carbonyl (C=O) groups excluding carboxylic acids is 1. The van der Waals surface area contributed by atoms with E-state index in [1.807, 2.05) is 0 Å². The second kappa shape index (κ2) is 8.17. The van der Waals surface area contributed by atoms with E-state index in [4.69, 9.17) is 0 Å². The van der Waals surface area contributed by atoms with Crippen LogP contribution in [0.3, 0.4) is 0 Å². The molecule has 2 aromatic carbocycles. The zero-order valence-electron chi connectivity index (χ0n) is 16.1. The Bertz CT molecular complexity index is 1110. The average Bonchev–Trinajstić information content (AvgIpc) is 3.53. The van der Waals surface area contributed by atoms with Crippen molar-refractivity contribution in [3.8, 4) is 0 Å². The second-order valence-corrected chi connectivity index (χ2v) is 9.08.